The van der Waals surface area contributed by atoms with Crippen LogP contribution in [-0.4, -0.2) is 132 Å². The second kappa shape index (κ2) is 11.3. The maximum Gasteiger partial charge on any atom is 0.315 e. The van der Waals surface area contributed by atoms with E-state index < -0.39 is 120 Å². The van der Waals surface area contributed by atoms with Crippen LogP contribution in [0, 0.1) is 50.2 Å². The molecule has 0 amide bonds. The summed E-state index contributed by atoms with van der Waals surface area (Å²) >= 11 is 0. The van der Waals surface area contributed by atoms with Crippen LogP contribution in [0.4, 0.5) is 0 Å². The van der Waals surface area contributed by atoms with Crippen molar-refractivity contribution in [2.24, 2.45) is 50.2 Å². The van der Waals surface area contributed by atoms with E-state index >= 15 is 0 Å². The molecule has 49 heavy (non-hydrogen) atoms. The third-order valence-corrected chi connectivity index (χ3v) is 16.3. The van der Waals surface area contributed by atoms with Crippen molar-refractivity contribution in [3.8, 4) is 0 Å². The smallest absolute Gasteiger partial charge is 0.315 e. The Morgan fingerprint density at radius 1 is 0.776 bits per heavy atom. The highest BCUT2D eigenvalue weighted by Crippen LogP contribution is 2.80. The van der Waals surface area contributed by atoms with Gasteiger partial charge in [-0.3, -0.25) is 4.79 Å². The lowest BCUT2D eigenvalue weighted by Gasteiger charge is -2.75. The molecule has 5 aliphatic carbocycles. The van der Waals surface area contributed by atoms with E-state index in [-0.39, 0.29) is 36.5 Å². The average molecular weight is 699 g/mol. The molecule has 2 aliphatic heterocycles. The highest BCUT2D eigenvalue weighted by molar-refractivity contribution is 5.83. The fourth-order valence-corrected chi connectivity index (χ4v) is 13.6. The lowest BCUT2D eigenvalue weighted by atomic mass is 9.30. The third-order valence-electron chi connectivity index (χ3n) is 16.3. The SMILES string of the molecule is CC1(C)CCC23C(=O)OC4(C(O)CC5C6(C)CC(O)C(OC7OC(CO)C(O)C(O)C7O)C(CO)(CO)C6CCC5(C)C4(C)CC2O)C3C1. The predicted molar refractivity (Wildman–Crippen MR) is 170 cm³/mol. The molecule has 13 nitrogen and oxygen atoms in total. The van der Waals surface area contributed by atoms with Gasteiger partial charge < -0.3 is 60.2 Å². The topological polar surface area (TPSA) is 227 Å². The van der Waals surface area contributed by atoms with Gasteiger partial charge in [-0.1, -0.05) is 34.6 Å². The van der Waals surface area contributed by atoms with Gasteiger partial charge in [0.2, 0.25) is 0 Å². The Morgan fingerprint density at radius 3 is 2.08 bits per heavy atom. The molecule has 2 heterocycles. The number of rotatable bonds is 5. The first-order chi connectivity index (χ1) is 22.8. The van der Waals surface area contributed by atoms with Crippen LogP contribution < -0.4 is 0 Å². The van der Waals surface area contributed by atoms with Crippen molar-refractivity contribution in [1.29, 1.82) is 0 Å². The molecular weight excluding hydrogens is 640 g/mol. The van der Waals surface area contributed by atoms with Gasteiger partial charge in [-0.05, 0) is 79.4 Å². The van der Waals surface area contributed by atoms with E-state index in [4.69, 9.17) is 14.2 Å². The quantitative estimate of drug-likeness (QED) is 0.132. The number of hydrogen-bond acceptors (Lipinski definition) is 13. The van der Waals surface area contributed by atoms with Gasteiger partial charge in [0, 0.05) is 16.7 Å². The minimum absolute atomic E-state index is 0.112. The highest BCUT2D eigenvalue weighted by atomic mass is 16.7. The molecule has 1 spiro atoms. The van der Waals surface area contributed by atoms with Gasteiger partial charge in [0.1, 0.15) is 35.4 Å². The first-order valence-corrected chi connectivity index (χ1v) is 18.3. The maximum atomic E-state index is 14.0. The number of carbonyl (C=O) groups is 1. The van der Waals surface area contributed by atoms with Crippen LogP contribution in [-0.2, 0) is 19.0 Å². The second-order valence-electron chi connectivity index (χ2n) is 18.6. The van der Waals surface area contributed by atoms with Crippen LogP contribution in [0.3, 0.4) is 0 Å². The summed E-state index contributed by atoms with van der Waals surface area (Å²) in [5, 5.41) is 99.8. The van der Waals surface area contributed by atoms with E-state index in [0.29, 0.717) is 25.7 Å². The van der Waals surface area contributed by atoms with Crippen molar-refractivity contribution in [1.82, 2.24) is 0 Å². The molecule has 7 aliphatic rings. The summed E-state index contributed by atoms with van der Waals surface area (Å²) in [4.78, 5) is 14.0. The number of fused-ring (bicyclic) bond motifs is 4. The molecule has 0 aromatic heterocycles. The molecule has 9 N–H and O–H groups in total. The van der Waals surface area contributed by atoms with Crippen LogP contribution in [0.1, 0.15) is 86.0 Å². The van der Waals surface area contributed by atoms with E-state index in [1.54, 1.807) is 0 Å². The Labute approximate surface area is 287 Å². The van der Waals surface area contributed by atoms with Gasteiger partial charge in [-0.15, -0.1) is 0 Å². The minimum Gasteiger partial charge on any atom is -0.455 e. The molecule has 2 bridgehead atoms. The van der Waals surface area contributed by atoms with E-state index in [9.17, 15) is 50.8 Å². The van der Waals surface area contributed by atoms with E-state index in [1.807, 2.05) is 6.92 Å². The number of carbonyl (C=O) groups excluding carboxylic acids is 1. The van der Waals surface area contributed by atoms with Crippen LogP contribution in [0.2, 0.25) is 0 Å². The van der Waals surface area contributed by atoms with Crippen LogP contribution in [0.25, 0.3) is 0 Å². The van der Waals surface area contributed by atoms with Gasteiger partial charge in [0.05, 0.1) is 44.2 Å². The third kappa shape index (κ3) is 4.24. The zero-order valence-electron chi connectivity index (χ0n) is 29.4. The van der Waals surface area contributed by atoms with Crippen molar-refractivity contribution in [3.05, 3.63) is 0 Å². The normalized spacial score (nSPS) is 57.3. The Balaban J connectivity index is 1.27. The number of esters is 1. The molecule has 17 atom stereocenters. The molecule has 2 saturated heterocycles. The summed E-state index contributed by atoms with van der Waals surface area (Å²) in [6.07, 6.45) is -8.85. The van der Waals surface area contributed by atoms with Gasteiger partial charge in [-0.25, -0.2) is 0 Å². The standard InChI is InChI=1S/C36H58O13/c1-30(2)8-9-35-21(12-30)36(49-29(35)46)22(41)10-20-31(3)11-17(40)27(48-28-26(45)25(44)24(43)18(14-37)47-28)34(15-38,16-39)19(31)6-7-32(20,4)33(36,5)13-23(35)42/h17-28,37-45H,6-16H2,1-5H3. The van der Waals surface area contributed by atoms with Crippen molar-refractivity contribution in [2.75, 3.05) is 19.8 Å². The summed E-state index contributed by atoms with van der Waals surface area (Å²) in [6, 6.07) is 0. The van der Waals surface area contributed by atoms with Gasteiger partial charge >= 0.3 is 5.97 Å². The van der Waals surface area contributed by atoms with Gasteiger partial charge in [0.15, 0.2) is 6.29 Å². The average Bonchev–Trinajstić information content (AvgIpc) is 3.26. The lowest BCUT2D eigenvalue weighted by molar-refractivity contribution is -0.361. The minimum atomic E-state index is -1.74. The van der Waals surface area contributed by atoms with Crippen molar-refractivity contribution in [3.63, 3.8) is 0 Å². The van der Waals surface area contributed by atoms with Crippen LogP contribution >= 0.6 is 0 Å². The highest BCUT2D eigenvalue weighted by Gasteiger charge is 2.85. The molecule has 7 rings (SSSR count). The fraction of sp³-hybridized carbons (Fsp3) is 0.972. The zero-order valence-corrected chi connectivity index (χ0v) is 29.4. The summed E-state index contributed by atoms with van der Waals surface area (Å²) < 4.78 is 18.3. The number of ether oxygens (including phenoxy) is 3. The van der Waals surface area contributed by atoms with Gasteiger partial charge in [-0.2, -0.15) is 0 Å². The summed E-state index contributed by atoms with van der Waals surface area (Å²) in [6.45, 7) is 8.73. The van der Waals surface area contributed by atoms with Crippen molar-refractivity contribution in [2.45, 2.75) is 147 Å². The number of aliphatic hydroxyl groups is 9. The molecule has 7 fully saturated rings. The molecule has 5 saturated carbocycles. The summed E-state index contributed by atoms with van der Waals surface area (Å²) in [5.74, 6) is -1.53. The number of aliphatic hydroxyl groups excluding tert-OH is 9. The zero-order chi connectivity index (χ0) is 35.9. The van der Waals surface area contributed by atoms with Gasteiger partial charge in [0.25, 0.3) is 0 Å². The second-order valence-corrected chi connectivity index (χ2v) is 18.6. The molecule has 0 aromatic rings. The Bertz CT molecular complexity index is 1320. The maximum absolute atomic E-state index is 14.0. The molecule has 0 aromatic carbocycles. The van der Waals surface area contributed by atoms with E-state index in [0.717, 1.165) is 6.42 Å². The molecule has 17 unspecified atom stereocenters. The van der Waals surface area contributed by atoms with Crippen molar-refractivity contribution >= 4 is 5.97 Å². The first-order valence-electron chi connectivity index (χ1n) is 18.3. The molecule has 280 valence electrons. The van der Waals surface area contributed by atoms with Crippen molar-refractivity contribution < 1.29 is 65.0 Å². The lowest BCUT2D eigenvalue weighted by Crippen LogP contribution is -2.78. The van der Waals surface area contributed by atoms with Crippen LogP contribution in [0.15, 0.2) is 0 Å². The molecule has 13 heteroatoms. The first kappa shape index (κ1) is 36.4. The van der Waals surface area contributed by atoms with Crippen LogP contribution in [0.5, 0.6) is 0 Å². The molecular formula is C36H58O13. The monoisotopic (exact) mass is 698 g/mol. The van der Waals surface area contributed by atoms with E-state index in [2.05, 4.69) is 27.7 Å². The largest absolute Gasteiger partial charge is 0.455 e. The summed E-state index contributed by atoms with van der Waals surface area (Å²) in [5.41, 5.74) is -6.06. The molecule has 0 radical (unpaired) electrons. The Kier molecular flexibility index (Phi) is 8.37. The summed E-state index contributed by atoms with van der Waals surface area (Å²) in [7, 11) is 0. The Morgan fingerprint density at radius 2 is 1.45 bits per heavy atom. The Hall–Kier alpha value is -0.970. The predicted octanol–water partition coefficient (Wildman–Crippen LogP) is -0.410. The van der Waals surface area contributed by atoms with E-state index in [1.165, 1.54) is 0 Å². The fourth-order valence-electron chi connectivity index (χ4n) is 13.6. The number of hydrogen-bond donors (Lipinski definition) is 9.